The van der Waals surface area contributed by atoms with Gasteiger partial charge in [-0.15, -0.1) is 0 Å². The minimum atomic E-state index is -4.76. The van der Waals surface area contributed by atoms with Crippen LogP contribution in [-0.2, 0) is 74.9 Å². The van der Waals surface area contributed by atoms with Crippen molar-refractivity contribution in [1.82, 2.24) is 60.0 Å². The highest BCUT2D eigenvalue weighted by molar-refractivity contribution is 6.31. The molecule has 3 aliphatic heterocycles. The molecule has 0 radical (unpaired) electrons. The highest BCUT2D eigenvalue weighted by Crippen LogP contribution is 2.39. The number of hydrogen-bond acceptors (Lipinski definition) is 13. The summed E-state index contributed by atoms with van der Waals surface area (Å²) in [5.41, 5.74) is -2.34. The maximum Gasteiger partial charge on any atom is 0.417 e. The number of aryl methyl sites for hydroxylation is 1. The molecule has 12 amide bonds. The fraction of sp³-hybridized carbons (Fsp3) is 0.757. The standard InChI is InChI=1S/C74H112ClF3N12O13/c1-47(2)39-57-65(95)80-55(46-103-51-27-21-28-51)67(97)84(5)44-62(93)82(3)45-63(94)86(7)58(41-48-23-13-10-14-24-48)69(99)83(4)43-60(91)79-54(33-31-49-30-32-52(53(75)40-49)74(76,77)78)68(98)90-38-22-29-56(90)66(96)81-73(34-17-18-35-73)72(102)88(9)64(50-25-15-11-16-26-50)71(101)87(8)59(42-61(92)85(57)6)70(100)89-36-19-12-20-37-89/h30,32,40,47-48,50-51,54-59,64H,10-29,31,33-39,41-46H2,1-9H3,(H,79,91)(H,80,95)(H,81,96)/t54-,55-,56-,57-,58-,59-,64-/m0/s1. The maximum absolute atomic E-state index is 15.9. The van der Waals surface area contributed by atoms with Gasteiger partial charge in [-0.25, -0.2) is 0 Å². The van der Waals surface area contributed by atoms with E-state index in [-0.39, 0.29) is 76.0 Å². The van der Waals surface area contributed by atoms with Crippen LogP contribution in [0.25, 0.3) is 0 Å². The Kier molecular flexibility index (Phi) is 29.1. The molecule has 7 fully saturated rings. The lowest BCUT2D eigenvalue weighted by Gasteiger charge is -2.43. The molecule has 0 bridgehead atoms. The zero-order valence-corrected chi connectivity index (χ0v) is 62.7. The zero-order valence-electron chi connectivity index (χ0n) is 62.0. The number of benzene rings is 1. The summed E-state index contributed by atoms with van der Waals surface area (Å²) in [4.78, 5) is 191. The van der Waals surface area contributed by atoms with Gasteiger partial charge >= 0.3 is 6.18 Å². The third kappa shape index (κ3) is 20.9. The molecule has 4 aliphatic carbocycles. The van der Waals surface area contributed by atoms with Gasteiger partial charge < -0.3 is 64.8 Å². The summed E-state index contributed by atoms with van der Waals surface area (Å²) in [5.74, 6) is -8.43. The van der Waals surface area contributed by atoms with E-state index in [1.54, 1.807) is 4.90 Å². The van der Waals surface area contributed by atoms with E-state index in [9.17, 15) is 41.9 Å². The number of fused-ring (bicyclic) bond motifs is 1. The normalized spacial score (nSPS) is 27.0. The largest absolute Gasteiger partial charge is 0.417 e. The van der Waals surface area contributed by atoms with Crippen LogP contribution in [-0.4, -0.2) is 264 Å². The number of rotatable bonds is 12. The molecule has 103 heavy (non-hydrogen) atoms. The Balaban J connectivity index is 1.17. The van der Waals surface area contributed by atoms with E-state index >= 15 is 28.8 Å². The Hall–Kier alpha value is -7.10. The van der Waals surface area contributed by atoms with Crippen molar-refractivity contribution < 1.29 is 75.4 Å². The predicted molar refractivity (Wildman–Crippen MR) is 378 cm³/mol. The summed E-state index contributed by atoms with van der Waals surface area (Å²) in [7, 11) is 9.97. The molecule has 25 nitrogen and oxygen atoms in total. The predicted octanol–water partition coefficient (Wildman–Crippen LogP) is 5.95. The molecule has 3 heterocycles. The molecule has 0 unspecified atom stereocenters. The number of amides is 12. The molecule has 0 aromatic heterocycles. The van der Waals surface area contributed by atoms with Gasteiger partial charge in [0.05, 0.1) is 49.4 Å². The van der Waals surface area contributed by atoms with Gasteiger partial charge in [0.15, 0.2) is 0 Å². The fourth-order valence-electron chi connectivity index (χ4n) is 16.2. The molecule has 8 rings (SSSR count). The van der Waals surface area contributed by atoms with E-state index < -0.39 is 167 Å². The van der Waals surface area contributed by atoms with Crippen LogP contribution in [0.2, 0.25) is 5.02 Å². The van der Waals surface area contributed by atoms with Crippen LogP contribution in [0.4, 0.5) is 13.2 Å². The Morgan fingerprint density at radius 3 is 1.83 bits per heavy atom. The van der Waals surface area contributed by atoms with Crippen LogP contribution in [0.3, 0.4) is 0 Å². The number of carbonyl (C=O) groups is 12. The first-order valence-corrected chi connectivity index (χ1v) is 38.0. The number of nitrogens with one attached hydrogen (secondary N) is 3. The third-order valence-corrected chi connectivity index (χ3v) is 23.1. The van der Waals surface area contributed by atoms with Gasteiger partial charge in [-0.2, -0.15) is 13.2 Å². The molecule has 7 atom stereocenters. The van der Waals surface area contributed by atoms with Crippen molar-refractivity contribution in [2.45, 2.75) is 247 Å². The van der Waals surface area contributed by atoms with Crippen molar-refractivity contribution in [2.75, 3.05) is 95.2 Å². The average molecular weight is 1470 g/mol. The minimum absolute atomic E-state index is 0.0132. The number of alkyl halides is 3. The van der Waals surface area contributed by atoms with E-state index in [0.717, 1.165) is 104 Å². The summed E-state index contributed by atoms with van der Waals surface area (Å²) >= 11 is 6.17. The molecule has 29 heteroatoms. The van der Waals surface area contributed by atoms with Crippen molar-refractivity contribution >= 4 is 82.5 Å². The third-order valence-electron chi connectivity index (χ3n) is 22.7. The number of likely N-dealkylation sites (N-methyl/N-ethyl adjacent to an activating group) is 7. The number of carbonyl (C=O) groups excluding carboxylic acids is 12. The number of piperidine rings is 1. The van der Waals surface area contributed by atoms with Crippen LogP contribution in [0, 0.1) is 17.8 Å². The molecule has 3 saturated heterocycles. The van der Waals surface area contributed by atoms with E-state index in [4.69, 9.17) is 16.3 Å². The minimum Gasteiger partial charge on any atom is -0.376 e. The van der Waals surface area contributed by atoms with Crippen LogP contribution in [0.1, 0.15) is 192 Å². The Bertz CT molecular complexity index is 3210. The first kappa shape index (κ1) is 81.6. The smallest absolute Gasteiger partial charge is 0.376 e. The highest BCUT2D eigenvalue weighted by Gasteiger charge is 2.52. The van der Waals surface area contributed by atoms with Gasteiger partial charge in [-0.05, 0) is 138 Å². The van der Waals surface area contributed by atoms with Gasteiger partial charge in [-0.3, -0.25) is 57.5 Å². The summed E-state index contributed by atoms with van der Waals surface area (Å²) in [6.45, 7) is 2.50. The number of hydrogen-bond donors (Lipinski definition) is 3. The van der Waals surface area contributed by atoms with Crippen LogP contribution < -0.4 is 16.0 Å². The summed E-state index contributed by atoms with van der Waals surface area (Å²) < 4.78 is 47.8. The SMILES string of the molecule is CC(C)C[C@H]1C(=O)N[C@@H](COC2CCC2)C(=O)N(C)CC(=O)N(C)CC(=O)N(C)[C@@H](CC2CCCCC2)C(=O)N(C)CC(=O)N[C@@H](CCc2ccc(C(F)(F)F)c(Cl)c2)C(=O)N2CCC[C@H]2C(=O)NC2(CCCC2)C(=O)N(C)[C@@H](C2CCCCC2)C(=O)N(C)[C@H](C(=O)N2CCCCC2)CC(=O)N1C. The van der Waals surface area contributed by atoms with Gasteiger partial charge in [-0.1, -0.05) is 95.7 Å². The van der Waals surface area contributed by atoms with Gasteiger partial charge in [0.2, 0.25) is 70.9 Å². The Labute approximate surface area is 610 Å². The second-order valence-electron chi connectivity index (χ2n) is 30.7. The van der Waals surface area contributed by atoms with Gasteiger partial charge in [0, 0.05) is 69.0 Å². The van der Waals surface area contributed by atoms with E-state index in [1.807, 2.05) is 13.8 Å². The summed E-state index contributed by atoms with van der Waals surface area (Å²) in [5, 5.41) is 8.13. The Morgan fingerprint density at radius 1 is 0.602 bits per heavy atom. The van der Waals surface area contributed by atoms with Crippen molar-refractivity contribution in [2.24, 2.45) is 17.8 Å². The van der Waals surface area contributed by atoms with Gasteiger partial charge in [0.25, 0.3) is 0 Å². The van der Waals surface area contributed by atoms with Gasteiger partial charge in [0.1, 0.15) is 47.8 Å². The number of nitrogens with zero attached hydrogens (tertiary/aromatic N) is 9. The van der Waals surface area contributed by atoms with Crippen molar-refractivity contribution in [3.8, 4) is 0 Å². The van der Waals surface area contributed by atoms with Crippen LogP contribution in [0.15, 0.2) is 18.2 Å². The van der Waals surface area contributed by atoms with Crippen molar-refractivity contribution in [3.05, 3.63) is 34.3 Å². The number of likely N-dealkylation sites (tertiary alicyclic amines) is 1. The van der Waals surface area contributed by atoms with Crippen molar-refractivity contribution in [3.63, 3.8) is 0 Å². The second kappa shape index (κ2) is 36.7. The zero-order chi connectivity index (χ0) is 75.2. The fourth-order valence-corrected chi connectivity index (χ4v) is 16.5. The molecule has 4 saturated carbocycles. The van der Waals surface area contributed by atoms with E-state index in [1.165, 1.54) is 79.9 Å². The summed E-state index contributed by atoms with van der Waals surface area (Å²) in [6, 6.07) is -5.76. The Morgan fingerprint density at radius 2 is 1.21 bits per heavy atom. The maximum atomic E-state index is 15.9. The monoisotopic (exact) mass is 1470 g/mol. The van der Waals surface area contributed by atoms with E-state index in [0.29, 0.717) is 63.6 Å². The molecule has 7 aliphatic rings. The molecular weight excluding hydrogens is 1360 g/mol. The quantitative estimate of drug-likeness (QED) is 0.219. The molecule has 3 N–H and O–H groups in total. The molecular formula is C74H112ClF3N12O13. The van der Waals surface area contributed by atoms with E-state index in [2.05, 4.69) is 16.0 Å². The molecule has 1 spiro atoms. The first-order valence-electron chi connectivity index (χ1n) is 37.6. The van der Waals surface area contributed by atoms with Crippen LogP contribution >= 0.6 is 11.6 Å². The topological polar surface area (TPSA) is 279 Å². The first-order chi connectivity index (χ1) is 48.8. The number of ether oxygens (including phenoxy) is 1. The highest BCUT2D eigenvalue weighted by atomic mass is 35.5. The lowest BCUT2D eigenvalue weighted by molar-refractivity contribution is -0.157. The van der Waals surface area contributed by atoms with Crippen LogP contribution in [0.5, 0.6) is 0 Å². The number of halogens is 4. The lowest BCUT2D eigenvalue weighted by Crippen LogP contribution is -2.65. The van der Waals surface area contributed by atoms with Crippen molar-refractivity contribution in [1.29, 1.82) is 0 Å². The molecule has 1 aromatic carbocycles. The lowest BCUT2D eigenvalue weighted by atomic mass is 9.81. The second-order valence-corrected chi connectivity index (χ2v) is 31.2. The molecule has 574 valence electrons. The summed E-state index contributed by atoms with van der Waals surface area (Å²) in [6.07, 6.45) is 8.74. The molecule has 1 aromatic rings. The average Bonchev–Trinajstić information content (AvgIpc) is 1.71.